The quantitative estimate of drug-likeness (QED) is 0.149. The van der Waals surface area contributed by atoms with Crippen LogP contribution in [0.4, 0.5) is 0 Å². The lowest BCUT2D eigenvalue weighted by Crippen LogP contribution is -1.94. The minimum Gasteiger partial charge on any atom is -0.456 e. The number of para-hydroxylation sites is 2. The lowest BCUT2D eigenvalue weighted by atomic mass is 9.82. The minimum atomic E-state index is -0.444. The van der Waals surface area contributed by atoms with E-state index in [4.69, 9.17) is 19.8 Å². The molecule has 0 N–H and O–H groups in total. The molecule has 2 heterocycles. The molecular weight excluding hydrogens is 1140 g/mol. The molecule has 0 spiro atoms. The normalized spacial score (nSPS) is 14.1. The molecule has 0 fully saturated rings. The van der Waals surface area contributed by atoms with Crippen LogP contribution in [-0.2, 0) is 0 Å². The molecule has 0 atom stereocenters. The van der Waals surface area contributed by atoms with Crippen molar-refractivity contribution < 1.29 is 30.8 Å². The summed E-state index contributed by atoms with van der Waals surface area (Å²) in [7, 11) is 0. The lowest BCUT2D eigenvalue weighted by Gasteiger charge is -2.20. The van der Waals surface area contributed by atoms with Gasteiger partial charge in [-0.05, 0) is 176 Å². The molecule has 440 valence electrons. The zero-order valence-corrected chi connectivity index (χ0v) is 50.8. The number of aryl methyl sites for hydroxylation is 2. The zero-order valence-electron chi connectivity index (χ0n) is 66.8. The Balaban J connectivity index is 0.000000158. The van der Waals surface area contributed by atoms with Gasteiger partial charge in [0.2, 0.25) is 0 Å². The van der Waals surface area contributed by atoms with Crippen LogP contribution in [0.25, 0.3) is 186 Å². The average molecular weight is 1210 g/mol. The standard InChI is InChI=1S/C52H32O.C40H28O/c1-2-15-33(16-3-1)37-29-30-40(39-21-7-6-20-38(37)39)47-31-35(32-48-41-22-12-13-28-49(41)53-52(47)48)50-43-23-8-10-25-45(43)51(46-26-11-9-24-44(46)50)42-27-14-18-34-17-4-5-19-36(34)42;1-25-22-26(2)24-28(23-25)29-20-21-36-39(34-18-10-11-19-35(34)41-36)40(29)38-32-16-8-6-14-30(32)37(27-12-4-3-5-13-27)31-15-7-9-17-33(31)38/h1-32H;3-24H,1-2H3/i8D,9D,10D,11D,23D,24D,25D,26D;6D,7D,8D,9D,14D,15D,16D,17D. The molecule has 0 unspecified atom stereocenters. The first-order chi connectivity index (χ1) is 53.1. The van der Waals surface area contributed by atoms with Crippen molar-refractivity contribution in [2.75, 3.05) is 0 Å². The van der Waals surface area contributed by atoms with Gasteiger partial charge in [0.25, 0.3) is 0 Å². The summed E-state index contributed by atoms with van der Waals surface area (Å²) in [6.07, 6.45) is 0. The minimum absolute atomic E-state index is 0.161. The number of rotatable bonds is 7. The molecular formula is C92H60O2. The Morgan fingerprint density at radius 2 is 0.691 bits per heavy atom. The second-order valence-corrected chi connectivity index (χ2v) is 23.8. The van der Waals surface area contributed by atoms with E-state index in [1.165, 1.54) is 0 Å². The maximum absolute atomic E-state index is 9.63. The van der Waals surface area contributed by atoms with Crippen molar-refractivity contribution in [3.8, 4) is 77.9 Å². The van der Waals surface area contributed by atoms with Gasteiger partial charge in [-0.1, -0.05) is 308 Å². The van der Waals surface area contributed by atoms with Crippen LogP contribution in [0.1, 0.15) is 33.1 Å². The summed E-state index contributed by atoms with van der Waals surface area (Å²) in [5.74, 6) is 0. The summed E-state index contributed by atoms with van der Waals surface area (Å²) in [6.45, 7) is 4.02. The van der Waals surface area contributed by atoms with E-state index in [1.807, 2.05) is 178 Å². The van der Waals surface area contributed by atoms with Gasteiger partial charge in [0.1, 0.15) is 22.3 Å². The third kappa shape index (κ3) is 8.94. The highest BCUT2D eigenvalue weighted by atomic mass is 16.3. The molecule has 0 saturated heterocycles. The molecule has 0 aliphatic rings. The fraction of sp³-hybridized carbons (Fsp3) is 0.0217. The Bertz CT molecular complexity index is 7060. The van der Waals surface area contributed by atoms with Gasteiger partial charge in [-0.2, -0.15) is 0 Å². The Labute approximate surface area is 567 Å². The molecule has 0 aliphatic carbocycles. The fourth-order valence-electron chi connectivity index (χ4n) is 14.4. The first kappa shape index (κ1) is 40.6. The van der Waals surface area contributed by atoms with E-state index in [-0.39, 0.29) is 97.0 Å². The summed E-state index contributed by atoms with van der Waals surface area (Å²) in [4.78, 5) is 0. The van der Waals surface area contributed by atoms with Crippen LogP contribution in [0.3, 0.4) is 0 Å². The molecule has 2 nitrogen and oxygen atoms in total. The highest BCUT2D eigenvalue weighted by molar-refractivity contribution is 6.29. The predicted molar refractivity (Wildman–Crippen MR) is 400 cm³/mol. The molecule has 0 bridgehead atoms. The van der Waals surface area contributed by atoms with E-state index in [0.29, 0.717) is 66.7 Å². The molecule has 94 heavy (non-hydrogen) atoms. The van der Waals surface area contributed by atoms with Crippen LogP contribution in [-0.4, -0.2) is 0 Å². The van der Waals surface area contributed by atoms with Crippen molar-refractivity contribution >= 4 is 109 Å². The second-order valence-electron chi connectivity index (χ2n) is 23.8. The monoisotopic (exact) mass is 1210 g/mol. The van der Waals surface area contributed by atoms with Gasteiger partial charge in [-0.15, -0.1) is 0 Å². The smallest absolute Gasteiger partial charge is 0.143 e. The van der Waals surface area contributed by atoms with Gasteiger partial charge in [0, 0.05) is 32.7 Å². The van der Waals surface area contributed by atoms with Crippen LogP contribution >= 0.6 is 0 Å². The van der Waals surface area contributed by atoms with Crippen LogP contribution < -0.4 is 0 Å². The molecule has 0 amide bonds. The van der Waals surface area contributed by atoms with Crippen molar-refractivity contribution in [3.05, 3.63) is 338 Å². The van der Waals surface area contributed by atoms with Crippen molar-refractivity contribution in [3.63, 3.8) is 0 Å². The van der Waals surface area contributed by atoms with Gasteiger partial charge < -0.3 is 8.83 Å². The maximum Gasteiger partial charge on any atom is 0.143 e. The van der Waals surface area contributed by atoms with Gasteiger partial charge in [0.05, 0.1) is 21.9 Å². The number of hydrogen-bond donors (Lipinski definition) is 0. The number of fused-ring (bicyclic) bond motifs is 12. The highest BCUT2D eigenvalue weighted by Crippen LogP contribution is 2.52. The van der Waals surface area contributed by atoms with E-state index in [0.717, 1.165) is 82.2 Å². The van der Waals surface area contributed by atoms with E-state index < -0.39 is 48.3 Å². The zero-order chi connectivity index (χ0) is 76.3. The highest BCUT2D eigenvalue weighted by Gasteiger charge is 2.26. The van der Waals surface area contributed by atoms with Gasteiger partial charge >= 0.3 is 0 Å². The molecule has 19 rings (SSSR count). The molecule has 2 aromatic heterocycles. The first-order valence-corrected chi connectivity index (χ1v) is 31.1. The number of benzene rings is 17. The Morgan fingerprint density at radius 3 is 1.31 bits per heavy atom. The number of furan rings is 2. The number of hydrogen-bond acceptors (Lipinski definition) is 2. The SMILES string of the molecule is [2H]c1c([2H])c([2H])c2c(-c3c(-c4cc(C)cc(C)c4)ccc4oc5ccccc5c34)c3c([2H])c([2H])c([2H])c([2H])c3c(-c3ccccc3)c2c1[2H].[2H]c1c([2H])c([2H])c2c(-c3cccc4ccccc34)c3c([2H])c([2H])c([2H])c([2H])c3c(-c3cc(-c4ccc(-c5ccccc5)c5ccccc45)c4oc5ccccc5c4c3)c2c1[2H]. The van der Waals surface area contributed by atoms with E-state index in [9.17, 15) is 11.0 Å². The van der Waals surface area contributed by atoms with Gasteiger partial charge in [-0.3, -0.25) is 0 Å². The molecule has 0 saturated carbocycles. The van der Waals surface area contributed by atoms with Crippen molar-refractivity contribution in [2.24, 2.45) is 0 Å². The summed E-state index contributed by atoms with van der Waals surface area (Å²) >= 11 is 0. The molecule has 2 heteroatoms. The van der Waals surface area contributed by atoms with Crippen LogP contribution in [0.5, 0.6) is 0 Å². The maximum atomic E-state index is 9.63. The topological polar surface area (TPSA) is 26.3 Å². The van der Waals surface area contributed by atoms with Crippen LogP contribution in [0.2, 0.25) is 0 Å². The van der Waals surface area contributed by atoms with E-state index in [2.05, 4.69) is 42.5 Å². The molecule has 0 aliphatic heterocycles. The van der Waals surface area contributed by atoms with Crippen LogP contribution in [0.15, 0.2) is 336 Å². The van der Waals surface area contributed by atoms with Crippen LogP contribution in [0, 0.1) is 13.8 Å². The molecule has 19 aromatic rings. The largest absolute Gasteiger partial charge is 0.456 e. The Kier molecular flexibility index (Phi) is 9.67. The predicted octanol–water partition coefficient (Wildman–Crippen LogP) is 26.4. The summed E-state index contributed by atoms with van der Waals surface area (Å²) in [6, 6.07) is 68.2. The van der Waals surface area contributed by atoms with E-state index in [1.54, 1.807) is 24.3 Å². The third-order valence-corrected chi connectivity index (χ3v) is 18.3. The van der Waals surface area contributed by atoms with Crippen molar-refractivity contribution in [1.29, 1.82) is 0 Å². The molecule has 0 radical (unpaired) electrons. The van der Waals surface area contributed by atoms with E-state index >= 15 is 0 Å². The fourth-order valence-corrected chi connectivity index (χ4v) is 14.4. The first-order valence-electron chi connectivity index (χ1n) is 39.1. The summed E-state index contributed by atoms with van der Waals surface area (Å²) in [5.41, 5.74) is 13.3. The summed E-state index contributed by atoms with van der Waals surface area (Å²) in [5, 5.41) is 8.05. The Morgan fingerprint density at radius 1 is 0.234 bits per heavy atom. The second kappa shape index (κ2) is 22.4. The average Bonchev–Trinajstić information content (AvgIpc) is 0.924. The summed E-state index contributed by atoms with van der Waals surface area (Å²) < 4.78 is 160. The van der Waals surface area contributed by atoms with Crippen molar-refractivity contribution in [2.45, 2.75) is 13.8 Å². The van der Waals surface area contributed by atoms with Crippen molar-refractivity contribution in [1.82, 2.24) is 0 Å². The Hall–Kier alpha value is -12.1. The van der Waals surface area contributed by atoms with Gasteiger partial charge in [-0.25, -0.2) is 0 Å². The molecule has 17 aromatic carbocycles. The van der Waals surface area contributed by atoms with Gasteiger partial charge in [0.15, 0.2) is 0 Å². The third-order valence-electron chi connectivity index (χ3n) is 18.3. The lowest BCUT2D eigenvalue weighted by molar-refractivity contribution is 0.669.